The molecule has 1 N–H and O–H groups in total. The Hall–Kier alpha value is -2.03. The van der Waals surface area contributed by atoms with Gasteiger partial charge in [0.2, 0.25) is 5.88 Å². The van der Waals surface area contributed by atoms with Crippen LogP contribution in [0.1, 0.15) is 18.9 Å². The van der Waals surface area contributed by atoms with Crippen LogP contribution in [0.5, 0.6) is 5.88 Å². The van der Waals surface area contributed by atoms with Crippen LogP contribution in [0.25, 0.3) is 0 Å². The van der Waals surface area contributed by atoms with Crippen molar-refractivity contribution in [2.75, 3.05) is 18.5 Å². The van der Waals surface area contributed by atoms with Gasteiger partial charge in [0.1, 0.15) is 5.82 Å². The minimum atomic E-state index is 0.643. The molecule has 0 atom stereocenters. The standard InChI is InChI=1S/C16H20N2O/c1-2-19-16-12-6-11-15(18-16)17-13-7-10-14-8-4-3-5-9-14/h3-6,8-9,11-12H,2,7,10,13H2,1H3,(H,17,18). The van der Waals surface area contributed by atoms with Gasteiger partial charge in [-0.25, -0.2) is 0 Å². The van der Waals surface area contributed by atoms with Gasteiger partial charge in [-0.2, -0.15) is 4.98 Å². The van der Waals surface area contributed by atoms with Crippen LogP contribution in [-0.4, -0.2) is 18.1 Å². The van der Waals surface area contributed by atoms with Gasteiger partial charge in [-0.1, -0.05) is 36.4 Å². The summed E-state index contributed by atoms with van der Waals surface area (Å²) in [5.41, 5.74) is 1.38. The molecule has 0 saturated carbocycles. The van der Waals surface area contributed by atoms with Gasteiger partial charge in [0.25, 0.3) is 0 Å². The highest BCUT2D eigenvalue weighted by molar-refractivity contribution is 5.36. The minimum absolute atomic E-state index is 0.643. The number of pyridine rings is 1. The molecule has 0 bridgehead atoms. The Balaban J connectivity index is 1.75. The molecule has 0 unspecified atom stereocenters. The molecule has 2 rings (SSSR count). The number of ether oxygens (including phenoxy) is 1. The van der Waals surface area contributed by atoms with Crippen LogP contribution in [0.2, 0.25) is 0 Å². The molecule has 0 fully saturated rings. The molecule has 100 valence electrons. The lowest BCUT2D eigenvalue weighted by Crippen LogP contribution is -2.05. The van der Waals surface area contributed by atoms with E-state index in [4.69, 9.17) is 4.74 Å². The number of benzene rings is 1. The molecule has 0 aliphatic heterocycles. The second kappa shape index (κ2) is 7.41. The van der Waals surface area contributed by atoms with E-state index in [-0.39, 0.29) is 0 Å². The normalized spacial score (nSPS) is 10.2. The number of aryl methyl sites for hydroxylation is 1. The first-order chi connectivity index (χ1) is 9.38. The highest BCUT2D eigenvalue weighted by Gasteiger charge is 1.97. The highest BCUT2D eigenvalue weighted by atomic mass is 16.5. The van der Waals surface area contributed by atoms with Crippen LogP contribution < -0.4 is 10.1 Å². The van der Waals surface area contributed by atoms with Gasteiger partial charge in [0, 0.05) is 12.6 Å². The molecule has 0 saturated heterocycles. The fraction of sp³-hybridized carbons (Fsp3) is 0.312. The summed E-state index contributed by atoms with van der Waals surface area (Å²) in [6.07, 6.45) is 2.17. The van der Waals surface area contributed by atoms with Gasteiger partial charge in [-0.05, 0) is 31.4 Å². The number of aromatic nitrogens is 1. The van der Waals surface area contributed by atoms with Gasteiger partial charge >= 0.3 is 0 Å². The van der Waals surface area contributed by atoms with Crippen LogP contribution in [0.15, 0.2) is 48.5 Å². The molecule has 19 heavy (non-hydrogen) atoms. The lowest BCUT2D eigenvalue weighted by molar-refractivity contribution is 0.327. The van der Waals surface area contributed by atoms with Crippen molar-refractivity contribution in [2.45, 2.75) is 19.8 Å². The highest BCUT2D eigenvalue weighted by Crippen LogP contribution is 2.11. The monoisotopic (exact) mass is 256 g/mol. The van der Waals surface area contributed by atoms with E-state index in [0.29, 0.717) is 12.5 Å². The lowest BCUT2D eigenvalue weighted by Gasteiger charge is -2.07. The van der Waals surface area contributed by atoms with Crippen molar-refractivity contribution in [1.29, 1.82) is 0 Å². The third-order valence-corrected chi connectivity index (χ3v) is 2.81. The van der Waals surface area contributed by atoms with E-state index in [1.165, 1.54) is 5.56 Å². The van der Waals surface area contributed by atoms with Crippen molar-refractivity contribution < 1.29 is 4.74 Å². The zero-order valence-electron chi connectivity index (χ0n) is 11.3. The summed E-state index contributed by atoms with van der Waals surface area (Å²) >= 11 is 0. The number of rotatable bonds is 7. The number of hydrogen-bond donors (Lipinski definition) is 1. The van der Waals surface area contributed by atoms with E-state index in [2.05, 4.69) is 34.6 Å². The van der Waals surface area contributed by atoms with Gasteiger partial charge < -0.3 is 10.1 Å². The van der Waals surface area contributed by atoms with Crippen LogP contribution >= 0.6 is 0 Å². The van der Waals surface area contributed by atoms with Crippen LogP contribution in [-0.2, 0) is 6.42 Å². The summed E-state index contributed by atoms with van der Waals surface area (Å²) in [6.45, 7) is 3.52. The number of hydrogen-bond acceptors (Lipinski definition) is 3. The SMILES string of the molecule is CCOc1cccc(NCCCc2ccccc2)n1. The largest absolute Gasteiger partial charge is 0.478 e. The first-order valence-electron chi connectivity index (χ1n) is 6.76. The molecule has 0 aliphatic rings. The van der Waals surface area contributed by atoms with Crippen molar-refractivity contribution in [3.8, 4) is 5.88 Å². The maximum Gasteiger partial charge on any atom is 0.215 e. The van der Waals surface area contributed by atoms with Gasteiger partial charge in [-0.15, -0.1) is 0 Å². The molecular weight excluding hydrogens is 236 g/mol. The molecule has 3 heteroatoms. The topological polar surface area (TPSA) is 34.1 Å². The first-order valence-corrected chi connectivity index (χ1v) is 6.76. The molecule has 0 spiro atoms. The average molecular weight is 256 g/mol. The Morgan fingerprint density at radius 3 is 2.68 bits per heavy atom. The smallest absolute Gasteiger partial charge is 0.215 e. The van der Waals surface area contributed by atoms with E-state index in [1.54, 1.807) is 0 Å². The Labute approximate surface area is 114 Å². The third-order valence-electron chi connectivity index (χ3n) is 2.81. The zero-order valence-corrected chi connectivity index (χ0v) is 11.3. The molecular formula is C16H20N2O. The van der Waals surface area contributed by atoms with Crippen molar-refractivity contribution in [3.05, 3.63) is 54.1 Å². The predicted octanol–water partition coefficient (Wildman–Crippen LogP) is 3.53. The summed E-state index contributed by atoms with van der Waals surface area (Å²) < 4.78 is 5.37. The minimum Gasteiger partial charge on any atom is -0.478 e. The van der Waals surface area contributed by atoms with E-state index in [1.807, 2.05) is 31.2 Å². The Bertz CT molecular complexity index is 485. The van der Waals surface area contributed by atoms with Crippen LogP contribution in [0.4, 0.5) is 5.82 Å². The Morgan fingerprint density at radius 2 is 1.89 bits per heavy atom. The van der Waals surface area contributed by atoms with Gasteiger partial charge in [0.05, 0.1) is 6.61 Å². The van der Waals surface area contributed by atoms with Crippen molar-refractivity contribution in [2.24, 2.45) is 0 Å². The molecule has 2 aromatic rings. The summed E-state index contributed by atoms with van der Waals surface area (Å²) in [5.74, 6) is 1.55. The second-order valence-corrected chi connectivity index (χ2v) is 4.31. The summed E-state index contributed by atoms with van der Waals surface area (Å²) in [5, 5.41) is 3.32. The second-order valence-electron chi connectivity index (χ2n) is 4.31. The van der Waals surface area contributed by atoms with Crippen molar-refractivity contribution in [3.63, 3.8) is 0 Å². The molecule has 0 aliphatic carbocycles. The maximum atomic E-state index is 5.37. The van der Waals surface area contributed by atoms with Crippen LogP contribution in [0.3, 0.4) is 0 Å². The maximum absolute atomic E-state index is 5.37. The molecule has 0 radical (unpaired) electrons. The number of anilines is 1. The average Bonchev–Trinajstić information content (AvgIpc) is 2.46. The Morgan fingerprint density at radius 1 is 1.05 bits per heavy atom. The van der Waals surface area contributed by atoms with Gasteiger partial charge in [0.15, 0.2) is 0 Å². The number of nitrogens with zero attached hydrogens (tertiary/aromatic N) is 1. The van der Waals surface area contributed by atoms with Crippen LogP contribution in [0, 0.1) is 0 Å². The fourth-order valence-electron chi connectivity index (χ4n) is 1.90. The van der Waals surface area contributed by atoms with Gasteiger partial charge in [-0.3, -0.25) is 0 Å². The van der Waals surface area contributed by atoms with E-state index < -0.39 is 0 Å². The summed E-state index contributed by atoms with van der Waals surface area (Å²) in [7, 11) is 0. The lowest BCUT2D eigenvalue weighted by atomic mass is 10.1. The molecule has 1 aromatic heterocycles. The summed E-state index contributed by atoms with van der Waals surface area (Å²) in [6, 6.07) is 16.3. The van der Waals surface area contributed by atoms with E-state index >= 15 is 0 Å². The summed E-state index contributed by atoms with van der Waals surface area (Å²) in [4.78, 5) is 4.37. The first kappa shape index (κ1) is 13.4. The van der Waals surface area contributed by atoms with Crippen molar-refractivity contribution >= 4 is 5.82 Å². The zero-order chi connectivity index (χ0) is 13.3. The molecule has 1 heterocycles. The Kier molecular flexibility index (Phi) is 5.23. The molecule has 3 nitrogen and oxygen atoms in total. The fourth-order valence-corrected chi connectivity index (χ4v) is 1.90. The van der Waals surface area contributed by atoms with E-state index in [0.717, 1.165) is 25.2 Å². The number of nitrogens with one attached hydrogen (secondary N) is 1. The molecule has 0 amide bonds. The quantitative estimate of drug-likeness (QED) is 0.770. The molecule has 1 aromatic carbocycles. The third kappa shape index (κ3) is 4.62. The predicted molar refractivity (Wildman–Crippen MR) is 78.7 cm³/mol. The van der Waals surface area contributed by atoms with Crippen molar-refractivity contribution in [1.82, 2.24) is 4.98 Å². The van der Waals surface area contributed by atoms with E-state index in [9.17, 15) is 0 Å².